The molecule has 2 atom stereocenters. The van der Waals surface area contributed by atoms with Crippen LogP contribution in [0.15, 0.2) is 0 Å². The highest BCUT2D eigenvalue weighted by Crippen LogP contribution is 2.30. The second-order valence-corrected chi connectivity index (χ2v) is 6.71. The van der Waals surface area contributed by atoms with Crippen LogP contribution in [0.1, 0.15) is 47.0 Å². The van der Waals surface area contributed by atoms with Crippen LogP contribution in [-0.4, -0.2) is 54.5 Å². The molecule has 1 rings (SSSR count). The first-order chi connectivity index (χ1) is 8.90. The summed E-state index contributed by atoms with van der Waals surface area (Å²) < 4.78 is 5.62. The van der Waals surface area contributed by atoms with Gasteiger partial charge in [-0.15, -0.1) is 0 Å². The molecule has 0 saturated carbocycles. The molecule has 0 spiro atoms. The van der Waals surface area contributed by atoms with Crippen molar-refractivity contribution in [2.45, 2.75) is 65.1 Å². The number of hydrogen-bond donors (Lipinski definition) is 2. The lowest BCUT2D eigenvalue weighted by molar-refractivity contribution is -0.0310. The van der Waals surface area contributed by atoms with Crippen molar-refractivity contribution in [1.82, 2.24) is 4.90 Å². The van der Waals surface area contributed by atoms with Crippen LogP contribution in [0, 0.1) is 5.41 Å². The Balaban J connectivity index is 2.55. The van der Waals surface area contributed by atoms with Crippen LogP contribution in [0.4, 0.5) is 0 Å². The Morgan fingerprint density at radius 1 is 1.32 bits per heavy atom. The molecule has 0 aromatic heterocycles. The average molecular weight is 272 g/mol. The molecule has 1 aliphatic rings. The summed E-state index contributed by atoms with van der Waals surface area (Å²) in [5.74, 6) is 0. The summed E-state index contributed by atoms with van der Waals surface area (Å²) >= 11 is 0. The van der Waals surface area contributed by atoms with Crippen molar-refractivity contribution in [2.24, 2.45) is 11.1 Å². The minimum Gasteiger partial charge on any atom is -0.394 e. The topological polar surface area (TPSA) is 58.7 Å². The Hall–Kier alpha value is -0.160. The van der Waals surface area contributed by atoms with Crippen LogP contribution < -0.4 is 5.73 Å². The minimum absolute atomic E-state index is 0.117. The Bertz CT molecular complexity index is 245. The maximum Gasteiger partial charge on any atom is 0.0701 e. The van der Waals surface area contributed by atoms with Crippen LogP contribution in [-0.2, 0) is 4.74 Å². The number of aliphatic hydroxyl groups is 1. The van der Waals surface area contributed by atoms with E-state index >= 15 is 0 Å². The highest BCUT2D eigenvalue weighted by molar-refractivity contribution is 4.92. The number of nitrogens with two attached hydrogens (primary N) is 1. The molecule has 4 nitrogen and oxygen atoms in total. The molecule has 0 amide bonds. The number of likely N-dealkylation sites (tertiary alicyclic amines) is 1. The molecule has 19 heavy (non-hydrogen) atoms. The number of rotatable bonds is 6. The maximum absolute atomic E-state index is 8.80. The summed E-state index contributed by atoms with van der Waals surface area (Å²) in [4.78, 5) is 2.53. The van der Waals surface area contributed by atoms with Crippen LogP contribution >= 0.6 is 0 Å². The average Bonchev–Trinajstić information content (AvgIpc) is 2.36. The van der Waals surface area contributed by atoms with E-state index in [0.717, 1.165) is 32.4 Å². The molecule has 1 heterocycles. The van der Waals surface area contributed by atoms with Crippen molar-refractivity contribution >= 4 is 0 Å². The number of hydrogen-bond acceptors (Lipinski definition) is 4. The zero-order valence-corrected chi connectivity index (χ0v) is 13.1. The molecule has 3 N–H and O–H groups in total. The molecule has 1 fully saturated rings. The molecule has 4 heteroatoms. The molecule has 2 unspecified atom stereocenters. The van der Waals surface area contributed by atoms with E-state index in [4.69, 9.17) is 15.6 Å². The van der Waals surface area contributed by atoms with Gasteiger partial charge in [0, 0.05) is 25.2 Å². The first kappa shape index (κ1) is 16.9. The van der Waals surface area contributed by atoms with E-state index in [2.05, 4.69) is 32.6 Å². The summed E-state index contributed by atoms with van der Waals surface area (Å²) in [5, 5.41) is 8.80. The third-order valence-corrected chi connectivity index (χ3v) is 4.08. The molecule has 1 saturated heterocycles. The van der Waals surface area contributed by atoms with Gasteiger partial charge in [0.1, 0.15) is 0 Å². The lowest BCUT2D eigenvalue weighted by Crippen LogP contribution is -2.57. The maximum atomic E-state index is 8.80. The first-order valence-electron chi connectivity index (χ1n) is 7.62. The van der Waals surface area contributed by atoms with Crippen LogP contribution in [0.25, 0.3) is 0 Å². The van der Waals surface area contributed by atoms with E-state index in [1.165, 1.54) is 0 Å². The van der Waals surface area contributed by atoms with E-state index in [1.54, 1.807) is 0 Å². The molecule has 114 valence electrons. The summed E-state index contributed by atoms with van der Waals surface area (Å²) in [6, 6.07) is 0.659. The fraction of sp³-hybridized carbons (Fsp3) is 1.00. The molecule has 1 aliphatic heterocycles. The third-order valence-electron chi connectivity index (χ3n) is 4.08. The Morgan fingerprint density at radius 3 is 2.32 bits per heavy atom. The number of aliphatic hydroxyl groups excluding tert-OH is 1. The Morgan fingerprint density at radius 2 is 1.89 bits per heavy atom. The van der Waals surface area contributed by atoms with Gasteiger partial charge in [0.05, 0.1) is 19.3 Å². The second kappa shape index (κ2) is 7.58. The fourth-order valence-electron chi connectivity index (χ4n) is 3.22. The van der Waals surface area contributed by atoms with E-state index < -0.39 is 0 Å². The van der Waals surface area contributed by atoms with Gasteiger partial charge in [-0.3, -0.25) is 4.90 Å². The van der Waals surface area contributed by atoms with Gasteiger partial charge < -0.3 is 15.6 Å². The van der Waals surface area contributed by atoms with Gasteiger partial charge in [0.15, 0.2) is 0 Å². The standard InChI is InChI=1S/C15H32N2O2/c1-5-13(16)14(15(2,3)4)17-8-6-12(7-9-17)19-11-10-18/h12-14,18H,5-11,16H2,1-4H3. The zero-order chi connectivity index (χ0) is 14.5. The zero-order valence-electron chi connectivity index (χ0n) is 13.1. The van der Waals surface area contributed by atoms with E-state index in [1.807, 2.05) is 0 Å². The predicted octanol–water partition coefficient (Wildman–Crippen LogP) is 1.61. The number of nitrogens with zero attached hydrogens (tertiary/aromatic N) is 1. The normalized spacial score (nSPS) is 22.4. The lowest BCUT2D eigenvalue weighted by atomic mass is 9.79. The van der Waals surface area contributed by atoms with Crippen molar-refractivity contribution in [3.63, 3.8) is 0 Å². The predicted molar refractivity (Wildman–Crippen MR) is 79.1 cm³/mol. The van der Waals surface area contributed by atoms with Crippen molar-refractivity contribution in [3.05, 3.63) is 0 Å². The monoisotopic (exact) mass is 272 g/mol. The van der Waals surface area contributed by atoms with Gasteiger partial charge in [-0.25, -0.2) is 0 Å². The van der Waals surface area contributed by atoms with Gasteiger partial charge in [0.2, 0.25) is 0 Å². The van der Waals surface area contributed by atoms with Crippen LogP contribution in [0.2, 0.25) is 0 Å². The highest BCUT2D eigenvalue weighted by Gasteiger charge is 2.36. The molecule has 0 aliphatic carbocycles. The highest BCUT2D eigenvalue weighted by atomic mass is 16.5. The largest absolute Gasteiger partial charge is 0.394 e. The van der Waals surface area contributed by atoms with Crippen LogP contribution in [0.3, 0.4) is 0 Å². The van der Waals surface area contributed by atoms with E-state index in [0.29, 0.717) is 18.8 Å². The van der Waals surface area contributed by atoms with Gasteiger partial charge in [-0.1, -0.05) is 27.7 Å². The first-order valence-corrected chi connectivity index (χ1v) is 7.62. The molecule has 0 aromatic carbocycles. The SMILES string of the molecule is CCC(N)C(N1CCC(OCCO)CC1)C(C)(C)C. The van der Waals surface area contributed by atoms with Crippen molar-refractivity contribution in [2.75, 3.05) is 26.3 Å². The van der Waals surface area contributed by atoms with Crippen molar-refractivity contribution < 1.29 is 9.84 Å². The number of ether oxygens (including phenoxy) is 1. The summed E-state index contributed by atoms with van der Waals surface area (Å²) in [6.45, 7) is 11.7. The fourth-order valence-corrected chi connectivity index (χ4v) is 3.22. The van der Waals surface area contributed by atoms with Gasteiger partial charge >= 0.3 is 0 Å². The van der Waals surface area contributed by atoms with E-state index in [9.17, 15) is 0 Å². The van der Waals surface area contributed by atoms with Crippen LogP contribution in [0.5, 0.6) is 0 Å². The van der Waals surface area contributed by atoms with Gasteiger partial charge in [-0.2, -0.15) is 0 Å². The summed E-state index contributed by atoms with van der Waals surface area (Å²) in [7, 11) is 0. The Kier molecular flexibility index (Phi) is 6.74. The summed E-state index contributed by atoms with van der Waals surface area (Å²) in [5.41, 5.74) is 6.55. The van der Waals surface area contributed by atoms with Crippen molar-refractivity contribution in [1.29, 1.82) is 0 Å². The van der Waals surface area contributed by atoms with Gasteiger partial charge in [-0.05, 0) is 24.7 Å². The molecular formula is C15H32N2O2. The number of piperidine rings is 1. The minimum atomic E-state index is 0.117. The third kappa shape index (κ3) is 5.03. The van der Waals surface area contributed by atoms with Crippen molar-refractivity contribution in [3.8, 4) is 0 Å². The molecule has 0 bridgehead atoms. The lowest BCUT2D eigenvalue weighted by Gasteiger charge is -2.46. The summed E-state index contributed by atoms with van der Waals surface area (Å²) in [6.07, 6.45) is 3.41. The van der Waals surface area contributed by atoms with E-state index in [-0.39, 0.29) is 18.1 Å². The Labute approximate surface area is 118 Å². The molecule has 0 radical (unpaired) electrons. The molecule has 0 aromatic rings. The molecular weight excluding hydrogens is 240 g/mol. The van der Waals surface area contributed by atoms with Gasteiger partial charge in [0.25, 0.3) is 0 Å². The smallest absolute Gasteiger partial charge is 0.0701 e. The second-order valence-electron chi connectivity index (χ2n) is 6.71. The quantitative estimate of drug-likeness (QED) is 0.771.